The second kappa shape index (κ2) is 12.0. The zero-order valence-electron chi connectivity index (χ0n) is 24.3. The lowest BCUT2D eigenvalue weighted by Gasteiger charge is -2.19. The number of aromatic nitrogens is 3. The van der Waals surface area contributed by atoms with E-state index in [4.69, 9.17) is 14.2 Å². The van der Waals surface area contributed by atoms with E-state index in [9.17, 15) is 14.0 Å². The van der Waals surface area contributed by atoms with Crippen LogP contribution in [0.1, 0.15) is 39.7 Å². The number of halogens is 2. The maximum Gasteiger partial charge on any atom is 0.266 e. The molecule has 2 aromatic carbocycles. The van der Waals surface area contributed by atoms with Gasteiger partial charge in [-0.3, -0.25) is 19.1 Å². The summed E-state index contributed by atoms with van der Waals surface area (Å²) in [6.07, 6.45) is 1.88. The molecular weight excluding hydrogens is 556 g/mol. The van der Waals surface area contributed by atoms with Crippen LogP contribution in [0.3, 0.4) is 0 Å². The Morgan fingerprint density at radius 1 is 0.930 bits per heavy atom. The molecule has 0 aliphatic rings. The van der Waals surface area contributed by atoms with Crippen molar-refractivity contribution in [2.75, 3.05) is 14.2 Å². The number of carbonyl (C=O) groups excluding carboxylic acids is 1. The van der Waals surface area contributed by atoms with E-state index in [2.05, 4.69) is 9.97 Å². The minimum absolute atomic E-state index is 0.0196. The van der Waals surface area contributed by atoms with Crippen LogP contribution in [0.2, 0.25) is 0 Å². The van der Waals surface area contributed by atoms with Crippen LogP contribution >= 0.6 is 0 Å². The van der Waals surface area contributed by atoms with E-state index in [-0.39, 0.29) is 29.4 Å². The molecule has 0 saturated carbocycles. The molecule has 0 spiro atoms. The van der Waals surface area contributed by atoms with Crippen molar-refractivity contribution in [1.29, 1.82) is 0 Å². The summed E-state index contributed by atoms with van der Waals surface area (Å²) in [4.78, 5) is 35.9. The lowest BCUT2D eigenvalue weighted by atomic mass is 9.94. The van der Waals surface area contributed by atoms with Gasteiger partial charge in [0.05, 0.1) is 25.3 Å². The predicted octanol–water partition coefficient (Wildman–Crippen LogP) is 6.47. The third kappa shape index (κ3) is 5.55. The normalized spacial score (nSPS) is 11.0. The molecule has 8 nitrogen and oxygen atoms in total. The predicted molar refractivity (Wildman–Crippen MR) is 158 cm³/mol. The Hall–Kier alpha value is -5.12. The fourth-order valence-corrected chi connectivity index (χ4v) is 5.25. The summed E-state index contributed by atoms with van der Waals surface area (Å²) in [6.45, 7) is 5.48. The molecule has 0 aliphatic heterocycles. The first-order valence-corrected chi connectivity index (χ1v) is 13.5. The summed E-state index contributed by atoms with van der Waals surface area (Å²) >= 11 is 0. The molecule has 0 fully saturated rings. The monoisotopic (exact) mass is 585 g/mol. The number of Topliss-reactive ketones (excluding diaryl/α,β-unsaturated/α-hetero) is 1. The molecule has 0 atom stereocenters. The number of fused-ring (bicyclic) bond motifs is 1. The number of nitrogens with zero attached hydrogens (tertiary/aromatic N) is 3. The van der Waals surface area contributed by atoms with Gasteiger partial charge in [-0.2, -0.15) is 0 Å². The van der Waals surface area contributed by atoms with Crippen LogP contribution in [-0.2, 0) is 12.8 Å². The fraction of sp³-hybridized carbons (Fsp3) is 0.212. The maximum absolute atomic E-state index is 15.3. The van der Waals surface area contributed by atoms with Gasteiger partial charge in [0, 0.05) is 36.1 Å². The van der Waals surface area contributed by atoms with Gasteiger partial charge in [0.1, 0.15) is 11.3 Å². The van der Waals surface area contributed by atoms with Crippen molar-refractivity contribution in [1.82, 2.24) is 14.5 Å². The first-order valence-electron chi connectivity index (χ1n) is 13.5. The highest BCUT2D eigenvalue weighted by Gasteiger charge is 2.23. The van der Waals surface area contributed by atoms with Gasteiger partial charge in [-0.05, 0) is 73.4 Å². The summed E-state index contributed by atoms with van der Waals surface area (Å²) < 4.78 is 46.7. The lowest BCUT2D eigenvalue weighted by molar-refractivity contribution is 0.0990. The van der Waals surface area contributed by atoms with Gasteiger partial charge in [-0.25, -0.2) is 13.8 Å². The molecule has 0 unspecified atom stereocenters. The van der Waals surface area contributed by atoms with Crippen LogP contribution in [0.5, 0.6) is 23.1 Å². The molecule has 0 bridgehead atoms. The molecule has 0 N–H and O–H groups in total. The van der Waals surface area contributed by atoms with Gasteiger partial charge >= 0.3 is 0 Å². The van der Waals surface area contributed by atoms with E-state index in [1.165, 1.54) is 61.4 Å². The van der Waals surface area contributed by atoms with Crippen molar-refractivity contribution in [3.05, 3.63) is 111 Å². The average molecular weight is 586 g/mol. The standard InChI is InChI=1S/C33H29F2N3O5/c1-6-23-18(2)30(33(40)38(19(23)3)22-10-8-21(34)9-11-22)26(39)16-20-7-12-27(24(35)15-20)43-28-13-14-36-25-17-29(41-4)32(42-5)37-31(25)28/h7-15,17H,6,16H2,1-5H3. The molecule has 0 radical (unpaired) electrons. The Bertz CT molecular complexity index is 1920. The second-order valence-corrected chi connectivity index (χ2v) is 9.88. The van der Waals surface area contributed by atoms with Gasteiger partial charge in [0.15, 0.2) is 28.8 Å². The number of rotatable bonds is 9. The summed E-state index contributed by atoms with van der Waals surface area (Å²) in [5.41, 5.74) is 3.24. The third-order valence-corrected chi connectivity index (χ3v) is 7.34. The van der Waals surface area contributed by atoms with E-state index in [1.807, 2.05) is 6.92 Å². The van der Waals surface area contributed by atoms with Crippen LogP contribution in [0.25, 0.3) is 16.7 Å². The molecule has 43 heavy (non-hydrogen) atoms. The van der Waals surface area contributed by atoms with Gasteiger partial charge in [-0.15, -0.1) is 0 Å². The summed E-state index contributed by atoms with van der Waals surface area (Å²) in [5.74, 6) is -0.814. The Balaban J connectivity index is 1.46. The lowest BCUT2D eigenvalue weighted by Crippen LogP contribution is -2.30. The second-order valence-electron chi connectivity index (χ2n) is 9.88. The van der Waals surface area contributed by atoms with Crippen molar-refractivity contribution < 1.29 is 27.8 Å². The summed E-state index contributed by atoms with van der Waals surface area (Å²) in [6, 6.07) is 12.9. The van der Waals surface area contributed by atoms with Gasteiger partial charge < -0.3 is 14.2 Å². The van der Waals surface area contributed by atoms with Crippen LogP contribution in [0.15, 0.2) is 65.6 Å². The molecule has 3 aromatic heterocycles. The highest BCUT2D eigenvalue weighted by Crippen LogP contribution is 2.35. The molecule has 3 heterocycles. The molecule has 5 rings (SSSR count). The minimum Gasteiger partial charge on any atom is -0.491 e. The van der Waals surface area contributed by atoms with Gasteiger partial charge in [0.25, 0.3) is 11.4 Å². The quantitative estimate of drug-likeness (QED) is 0.183. The first kappa shape index (κ1) is 29.4. The number of hydrogen-bond acceptors (Lipinski definition) is 7. The van der Waals surface area contributed by atoms with Crippen molar-refractivity contribution >= 4 is 16.8 Å². The number of methoxy groups -OCH3 is 2. The molecule has 5 aromatic rings. The molecule has 0 saturated heterocycles. The molecule has 220 valence electrons. The SMILES string of the molecule is CCc1c(C)c(C(=O)Cc2ccc(Oc3ccnc4cc(OC)c(OC)nc34)c(F)c2)c(=O)n(-c2ccc(F)cc2)c1C. The topological polar surface area (TPSA) is 92.5 Å². The van der Waals surface area contributed by atoms with Crippen LogP contribution in [0, 0.1) is 25.5 Å². The highest BCUT2D eigenvalue weighted by atomic mass is 19.1. The number of carbonyl (C=O) groups is 1. The average Bonchev–Trinajstić information content (AvgIpc) is 2.99. The minimum atomic E-state index is -0.700. The number of ether oxygens (including phenoxy) is 3. The first-order chi connectivity index (χ1) is 20.7. The molecular formula is C33H29F2N3O5. The van der Waals surface area contributed by atoms with Gasteiger partial charge in [0.2, 0.25) is 0 Å². The maximum atomic E-state index is 15.3. The van der Waals surface area contributed by atoms with Crippen molar-refractivity contribution in [3.63, 3.8) is 0 Å². The Labute approximate surface area is 246 Å². The van der Waals surface area contributed by atoms with E-state index < -0.39 is 23.0 Å². The van der Waals surface area contributed by atoms with Crippen molar-refractivity contribution in [3.8, 4) is 28.8 Å². The molecule has 10 heteroatoms. The third-order valence-electron chi connectivity index (χ3n) is 7.34. The fourth-order valence-electron chi connectivity index (χ4n) is 5.25. The van der Waals surface area contributed by atoms with E-state index >= 15 is 4.39 Å². The Morgan fingerprint density at radius 2 is 1.67 bits per heavy atom. The Morgan fingerprint density at radius 3 is 2.33 bits per heavy atom. The Kier molecular flexibility index (Phi) is 8.20. The molecule has 0 amide bonds. The van der Waals surface area contributed by atoms with Crippen LogP contribution < -0.4 is 19.8 Å². The zero-order valence-corrected chi connectivity index (χ0v) is 24.3. The van der Waals surface area contributed by atoms with E-state index in [1.54, 1.807) is 32.0 Å². The van der Waals surface area contributed by atoms with Crippen molar-refractivity contribution in [2.45, 2.75) is 33.6 Å². The number of benzene rings is 2. The van der Waals surface area contributed by atoms with E-state index in [0.717, 1.165) is 5.56 Å². The summed E-state index contributed by atoms with van der Waals surface area (Å²) in [5, 5.41) is 0. The highest BCUT2D eigenvalue weighted by molar-refractivity contribution is 5.99. The van der Waals surface area contributed by atoms with Crippen molar-refractivity contribution in [2.24, 2.45) is 0 Å². The smallest absolute Gasteiger partial charge is 0.266 e. The van der Waals surface area contributed by atoms with E-state index in [0.29, 0.717) is 45.7 Å². The number of ketones is 1. The summed E-state index contributed by atoms with van der Waals surface area (Å²) in [7, 11) is 2.93. The largest absolute Gasteiger partial charge is 0.491 e. The van der Waals surface area contributed by atoms with Crippen LogP contribution in [0.4, 0.5) is 8.78 Å². The van der Waals surface area contributed by atoms with Crippen LogP contribution in [-0.4, -0.2) is 34.5 Å². The zero-order chi connectivity index (χ0) is 30.8. The number of pyridine rings is 3. The molecule has 0 aliphatic carbocycles. The number of hydrogen-bond donors (Lipinski definition) is 0. The van der Waals surface area contributed by atoms with Gasteiger partial charge in [-0.1, -0.05) is 13.0 Å².